The van der Waals surface area contributed by atoms with Gasteiger partial charge in [-0.2, -0.15) is 0 Å². The third kappa shape index (κ3) is 3.24. The third-order valence-electron chi connectivity index (χ3n) is 4.85. The van der Waals surface area contributed by atoms with Gasteiger partial charge in [-0.15, -0.1) is 0 Å². The predicted octanol–water partition coefficient (Wildman–Crippen LogP) is 5.72. The standard InChI is InChI=1S/C22H18ClNO3/c1-13-10-14(23)11-20(21(13)25)24-22(26)27-12-19-17-8-4-2-6-15(17)16-7-3-5-9-18(16)19/h2-11,19,25H,12H2,1H3,(H,24,26). The van der Waals surface area contributed by atoms with Crippen LogP contribution in [0.2, 0.25) is 5.02 Å². The Kier molecular flexibility index (Phi) is 4.50. The number of fused-ring (bicyclic) bond motifs is 3. The Hall–Kier alpha value is -2.98. The van der Waals surface area contributed by atoms with Gasteiger partial charge in [-0.05, 0) is 46.9 Å². The van der Waals surface area contributed by atoms with E-state index in [1.807, 2.05) is 24.3 Å². The van der Waals surface area contributed by atoms with Crippen LogP contribution in [0, 0.1) is 6.92 Å². The molecule has 0 fully saturated rings. The van der Waals surface area contributed by atoms with Crippen LogP contribution in [0.3, 0.4) is 0 Å². The number of carbonyl (C=O) groups excluding carboxylic acids is 1. The van der Waals surface area contributed by atoms with Crippen LogP contribution >= 0.6 is 11.6 Å². The van der Waals surface area contributed by atoms with Gasteiger partial charge in [-0.3, -0.25) is 5.32 Å². The first-order chi connectivity index (χ1) is 13.0. The van der Waals surface area contributed by atoms with E-state index >= 15 is 0 Å². The first kappa shape index (κ1) is 17.4. The van der Waals surface area contributed by atoms with Gasteiger partial charge in [0.1, 0.15) is 12.4 Å². The van der Waals surface area contributed by atoms with Gasteiger partial charge in [0.05, 0.1) is 5.69 Å². The Morgan fingerprint density at radius 3 is 2.30 bits per heavy atom. The lowest BCUT2D eigenvalue weighted by Gasteiger charge is -2.15. The van der Waals surface area contributed by atoms with Crippen LogP contribution in [0.15, 0.2) is 60.7 Å². The van der Waals surface area contributed by atoms with Crippen molar-refractivity contribution in [3.05, 3.63) is 82.4 Å². The number of hydrogen-bond donors (Lipinski definition) is 2. The molecule has 1 aliphatic rings. The summed E-state index contributed by atoms with van der Waals surface area (Å²) >= 11 is 6.00. The van der Waals surface area contributed by atoms with E-state index < -0.39 is 6.09 Å². The van der Waals surface area contributed by atoms with Crippen molar-refractivity contribution in [2.45, 2.75) is 12.8 Å². The SMILES string of the molecule is Cc1cc(Cl)cc(NC(=O)OCC2c3ccccc3-c3ccccc32)c1O. The monoisotopic (exact) mass is 379 g/mol. The van der Waals surface area contributed by atoms with Crippen molar-refractivity contribution in [2.75, 3.05) is 11.9 Å². The smallest absolute Gasteiger partial charge is 0.411 e. The molecule has 5 heteroatoms. The number of phenols is 1. The molecule has 4 rings (SSSR count). The molecule has 3 aromatic carbocycles. The quantitative estimate of drug-likeness (QED) is 0.572. The molecule has 3 aromatic rings. The second kappa shape index (κ2) is 6.97. The first-order valence-electron chi connectivity index (χ1n) is 8.65. The average Bonchev–Trinajstić information content (AvgIpc) is 2.98. The highest BCUT2D eigenvalue weighted by Crippen LogP contribution is 2.44. The number of anilines is 1. The fourth-order valence-corrected chi connectivity index (χ4v) is 3.85. The molecule has 2 N–H and O–H groups in total. The molecule has 0 heterocycles. The number of phenolic OH excluding ortho intramolecular Hbond substituents is 1. The maximum atomic E-state index is 12.3. The van der Waals surface area contributed by atoms with Crippen molar-refractivity contribution in [1.82, 2.24) is 0 Å². The maximum absolute atomic E-state index is 12.3. The van der Waals surface area contributed by atoms with E-state index in [1.165, 1.54) is 17.2 Å². The second-order valence-corrected chi connectivity index (χ2v) is 7.01. The normalized spacial score (nSPS) is 12.4. The lowest BCUT2D eigenvalue weighted by atomic mass is 9.98. The van der Waals surface area contributed by atoms with Crippen molar-refractivity contribution in [3.8, 4) is 16.9 Å². The summed E-state index contributed by atoms with van der Waals surface area (Å²) in [5, 5.41) is 13.1. The molecule has 1 amide bonds. The summed E-state index contributed by atoms with van der Waals surface area (Å²) in [5.74, 6) is -0.0363. The van der Waals surface area contributed by atoms with Crippen molar-refractivity contribution < 1.29 is 14.6 Å². The minimum atomic E-state index is -0.631. The lowest BCUT2D eigenvalue weighted by Crippen LogP contribution is -2.18. The Labute approximate surface area is 162 Å². The molecule has 136 valence electrons. The van der Waals surface area contributed by atoms with Crippen LogP contribution < -0.4 is 5.32 Å². The molecule has 0 saturated heterocycles. The van der Waals surface area contributed by atoms with Crippen LogP contribution in [-0.2, 0) is 4.74 Å². The van der Waals surface area contributed by atoms with Crippen LogP contribution in [0.5, 0.6) is 5.75 Å². The molecule has 0 unspecified atom stereocenters. The number of amides is 1. The average molecular weight is 380 g/mol. The van der Waals surface area contributed by atoms with Gasteiger partial charge in [0, 0.05) is 10.9 Å². The van der Waals surface area contributed by atoms with Crippen molar-refractivity contribution in [2.24, 2.45) is 0 Å². The van der Waals surface area contributed by atoms with E-state index in [4.69, 9.17) is 16.3 Å². The van der Waals surface area contributed by atoms with Crippen molar-refractivity contribution in [1.29, 1.82) is 0 Å². The summed E-state index contributed by atoms with van der Waals surface area (Å²) in [4.78, 5) is 12.3. The first-order valence-corrected chi connectivity index (χ1v) is 9.03. The van der Waals surface area contributed by atoms with Crippen LogP contribution in [0.1, 0.15) is 22.6 Å². The number of carbonyl (C=O) groups is 1. The zero-order valence-electron chi connectivity index (χ0n) is 14.7. The predicted molar refractivity (Wildman–Crippen MR) is 107 cm³/mol. The van der Waals surface area contributed by atoms with E-state index in [0.717, 1.165) is 11.1 Å². The maximum Gasteiger partial charge on any atom is 0.411 e. The molecule has 0 saturated carbocycles. The summed E-state index contributed by atoms with van der Waals surface area (Å²) in [7, 11) is 0. The third-order valence-corrected chi connectivity index (χ3v) is 5.06. The largest absolute Gasteiger partial charge is 0.505 e. The molecule has 4 nitrogen and oxygen atoms in total. The van der Waals surface area contributed by atoms with E-state index in [2.05, 4.69) is 29.6 Å². The number of aromatic hydroxyl groups is 1. The molecule has 0 radical (unpaired) electrons. The number of ether oxygens (including phenoxy) is 1. The molecular formula is C22H18ClNO3. The van der Waals surface area contributed by atoms with Gasteiger partial charge in [0.2, 0.25) is 0 Å². The summed E-state index contributed by atoms with van der Waals surface area (Å²) in [6, 6.07) is 19.4. The zero-order chi connectivity index (χ0) is 19.0. The Balaban J connectivity index is 1.52. The van der Waals surface area contributed by atoms with Crippen LogP contribution in [0.4, 0.5) is 10.5 Å². The lowest BCUT2D eigenvalue weighted by molar-refractivity contribution is 0.158. The van der Waals surface area contributed by atoms with Gasteiger partial charge in [0.15, 0.2) is 0 Å². The molecule has 27 heavy (non-hydrogen) atoms. The van der Waals surface area contributed by atoms with Crippen LogP contribution in [0.25, 0.3) is 11.1 Å². The number of rotatable bonds is 3. The summed E-state index contributed by atoms with van der Waals surface area (Å²) < 4.78 is 5.47. The Bertz CT molecular complexity index is 986. The van der Waals surface area contributed by atoms with E-state index in [0.29, 0.717) is 10.6 Å². The molecule has 0 bridgehead atoms. The fraction of sp³-hybridized carbons (Fsp3) is 0.136. The van der Waals surface area contributed by atoms with E-state index in [1.54, 1.807) is 13.0 Å². The van der Waals surface area contributed by atoms with Gasteiger partial charge in [-0.25, -0.2) is 4.79 Å². The second-order valence-electron chi connectivity index (χ2n) is 6.57. The van der Waals surface area contributed by atoms with E-state index in [-0.39, 0.29) is 24.0 Å². The highest BCUT2D eigenvalue weighted by molar-refractivity contribution is 6.31. The number of hydrogen-bond acceptors (Lipinski definition) is 3. The highest BCUT2D eigenvalue weighted by atomic mass is 35.5. The van der Waals surface area contributed by atoms with Gasteiger partial charge in [0.25, 0.3) is 0 Å². The highest BCUT2D eigenvalue weighted by Gasteiger charge is 2.29. The topological polar surface area (TPSA) is 58.6 Å². The Morgan fingerprint density at radius 2 is 1.67 bits per heavy atom. The summed E-state index contributed by atoms with van der Waals surface area (Å²) in [6.45, 7) is 1.92. The minimum absolute atomic E-state index is 0.0159. The molecule has 0 atom stereocenters. The molecule has 0 aromatic heterocycles. The van der Waals surface area contributed by atoms with Crippen LogP contribution in [-0.4, -0.2) is 17.8 Å². The fourth-order valence-electron chi connectivity index (χ4n) is 3.58. The summed E-state index contributed by atoms with van der Waals surface area (Å²) in [5.41, 5.74) is 5.45. The number of nitrogens with one attached hydrogen (secondary N) is 1. The van der Waals surface area contributed by atoms with Gasteiger partial charge >= 0.3 is 6.09 Å². The molecule has 1 aliphatic carbocycles. The minimum Gasteiger partial charge on any atom is -0.505 e. The van der Waals surface area contributed by atoms with Gasteiger partial charge < -0.3 is 9.84 Å². The molecular weight excluding hydrogens is 362 g/mol. The number of aryl methyl sites for hydroxylation is 1. The van der Waals surface area contributed by atoms with Crippen molar-refractivity contribution >= 4 is 23.4 Å². The molecule has 0 aliphatic heterocycles. The Morgan fingerprint density at radius 1 is 1.07 bits per heavy atom. The number of halogens is 1. The zero-order valence-corrected chi connectivity index (χ0v) is 15.5. The van der Waals surface area contributed by atoms with E-state index in [9.17, 15) is 9.90 Å². The molecule has 0 spiro atoms. The van der Waals surface area contributed by atoms with Gasteiger partial charge in [-0.1, -0.05) is 60.1 Å². The number of benzene rings is 3. The summed E-state index contributed by atoms with van der Waals surface area (Å²) in [6.07, 6.45) is -0.631. The van der Waals surface area contributed by atoms with Crippen molar-refractivity contribution in [3.63, 3.8) is 0 Å².